The van der Waals surface area contributed by atoms with Gasteiger partial charge < -0.3 is 9.05 Å². The average Bonchev–Trinajstić information content (AvgIpc) is 3.61. The summed E-state index contributed by atoms with van der Waals surface area (Å²) in [6.45, 7) is 10.9. The van der Waals surface area contributed by atoms with Gasteiger partial charge in [-0.3, -0.25) is 5.09 Å². The van der Waals surface area contributed by atoms with Gasteiger partial charge in [-0.05, 0) is 99.0 Å². The molecule has 0 aromatic heterocycles. The summed E-state index contributed by atoms with van der Waals surface area (Å²) in [6.07, 6.45) is 0. The van der Waals surface area contributed by atoms with E-state index >= 15 is 4.57 Å². The van der Waals surface area contributed by atoms with E-state index in [1.54, 1.807) is 0 Å². The number of fused-ring (bicyclic) bond motifs is 7. The number of anilines is 1. The van der Waals surface area contributed by atoms with Crippen LogP contribution in [0.3, 0.4) is 0 Å². The van der Waals surface area contributed by atoms with E-state index in [2.05, 4.69) is 294 Å². The molecule has 0 atom stereocenters. The summed E-state index contributed by atoms with van der Waals surface area (Å²) >= 11 is 0. The molecule has 1 aliphatic heterocycles. The van der Waals surface area contributed by atoms with Gasteiger partial charge in [-0.1, -0.05) is 276 Å². The van der Waals surface area contributed by atoms with Crippen molar-refractivity contribution in [1.29, 1.82) is 0 Å². The highest BCUT2D eigenvalue weighted by atomic mass is 31.2. The van der Waals surface area contributed by atoms with Crippen LogP contribution < -0.4 is 55.6 Å². The third kappa shape index (κ3) is 8.07. The van der Waals surface area contributed by atoms with Gasteiger partial charge in [-0.15, -0.1) is 0 Å². The quantitative estimate of drug-likeness (QED) is 0.0842. The van der Waals surface area contributed by atoms with E-state index in [9.17, 15) is 0 Å². The van der Waals surface area contributed by atoms with Gasteiger partial charge in [0.15, 0.2) is 16.1 Å². The zero-order valence-electron chi connectivity index (χ0n) is 42.9. The highest BCUT2D eigenvalue weighted by Crippen LogP contribution is 2.59. The van der Waals surface area contributed by atoms with E-state index in [0.29, 0.717) is 11.5 Å². The molecule has 1 heterocycles. The Hall–Kier alpha value is -8.00. The Morgan fingerprint density at radius 3 is 0.960 bits per heavy atom. The number of nitrogens with one attached hydrogen (secondary N) is 1. The Morgan fingerprint density at radius 2 is 0.667 bits per heavy atom. The van der Waals surface area contributed by atoms with Gasteiger partial charge in [-0.25, -0.2) is 4.57 Å². The lowest BCUT2D eigenvalue weighted by molar-refractivity contribution is 0.400. The molecule has 0 bridgehead atoms. The molecule has 366 valence electrons. The second kappa shape index (κ2) is 19.0. The van der Waals surface area contributed by atoms with E-state index in [0.717, 1.165) is 59.9 Å². The highest BCUT2D eigenvalue weighted by Gasteiger charge is 2.51. The molecule has 1 N–H and O–H groups in total. The predicted octanol–water partition coefficient (Wildman–Crippen LogP) is 12.3. The van der Waals surface area contributed by atoms with E-state index in [-0.39, 0.29) is 5.41 Å². The number of aryl methyl sites for hydroxylation is 2. The maximum atomic E-state index is 17.5. The maximum Gasteiger partial charge on any atom is 0.541 e. The van der Waals surface area contributed by atoms with Crippen LogP contribution in [-0.4, -0.2) is 16.1 Å². The van der Waals surface area contributed by atoms with Crippen LogP contribution in [0.15, 0.2) is 255 Å². The Bertz CT molecular complexity index is 3510. The summed E-state index contributed by atoms with van der Waals surface area (Å²) in [4.78, 5) is 0. The van der Waals surface area contributed by atoms with Crippen LogP contribution in [0, 0.1) is 13.8 Å². The van der Waals surface area contributed by atoms with E-state index in [4.69, 9.17) is 9.05 Å². The second-order valence-electron chi connectivity index (χ2n) is 20.9. The van der Waals surface area contributed by atoms with Crippen molar-refractivity contribution in [3.05, 3.63) is 271 Å². The van der Waals surface area contributed by atoms with Crippen molar-refractivity contribution in [3.8, 4) is 22.6 Å². The Labute approximate surface area is 442 Å². The average molecular weight is 1020 g/mol. The molecule has 7 heteroatoms. The summed E-state index contributed by atoms with van der Waals surface area (Å²) in [7, 11) is -11.4. The largest absolute Gasteiger partial charge is 0.541 e. The van der Waals surface area contributed by atoms with Crippen molar-refractivity contribution in [2.45, 2.75) is 40.0 Å². The molecule has 0 saturated heterocycles. The lowest BCUT2D eigenvalue weighted by Gasteiger charge is -2.36. The summed E-state index contributed by atoms with van der Waals surface area (Å²) in [6, 6.07) is 91.8. The third-order valence-corrected chi connectivity index (χ3v) is 26.3. The van der Waals surface area contributed by atoms with Crippen LogP contribution in [0.5, 0.6) is 11.5 Å². The van der Waals surface area contributed by atoms with Crippen molar-refractivity contribution >= 4 is 92.6 Å². The smallest absolute Gasteiger partial charge is 0.400 e. The molecule has 11 aromatic rings. The molecule has 1 aliphatic rings. The predicted molar refractivity (Wildman–Crippen MR) is 321 cm³/mol. The number of hydrogen-bond donors (Lipinski definition) is 1. The fourth-order valence-corrected chi connectivity index (χ4v) is 23.6. The normalized spacial score (nSPS) is 13.2. The Morgan fingerprint density at radius 1 is 0.387 bits per heavy atom. The van der Waals surface area contributed by atoms with Crippen LogP contribution in [-0.2, 0) is 9.98 Å². The van der Waals surface area contributed by atoms with Gasteiger partial charge in [0.1, 0.15) is 11.5 Å². The molecule has 0 fully saturated rings. The molecule has 75 heavy (non-hydrogen) atoms. The fraction of sp³-hybridized carbons (Fsp3) is 0.0882. The molecule has 0 radical (unpaired) electrons. The van der Waals surface area contributed by atoms with Crippen LogP contribution >= 0.6 is 7.75 Å². The molecule has 12 rings (SSSR count). The van der Waals surface area contributed by atoms with E-state index in [1.165, 1.54) is 36.7 Å². The molecule has 0 spiro atoms. The first kappa shape index (κ1) is 48.0. The minimum Gasteiger partial charge on any atom is -0.400 e. The Balaban J connectivity index is 1.32. The first-order chi connectivity index (χ1) is 36.5. The first-order valence-electron chi connectivity index (χ1n) is 25.9. The minimum absolute atomic E-state index is 0.113. The van der Waals surface area contributed by atoms with Crippen molar-refractivity contribution < 1.29 is 13.6 Å². The van der Waals surface area contributed by atoms with Crippen molar-refractivity contribution in [2.75, 3.05) is 5.09 Å². The molecular weight excluding hydrogens is 966 g/mol. The summed E-state index contributed by atoms with van der Waals surface area (Å²) < 4.78 is 33.0. The molecule has 11 aromatic carbocycles. The first-order valence-corrected chi connectivity index (χ1v) is 31.4. The van der Waals surface area contributed by atoms with Crippen molar-refractivity contribution in [1.82, 2.24) is 0 Å². The van der Waals surface area contributed by atoms with Crippen molar-refractivity contribution in [2.24, 2.45) is 0 Å². The zero-order chi connectivity index (χ0) is 51.4. The standard InChI is InChI=1S/C68H58NO3PSi2/c1-48-44-52(68(3,4)5)45-49(2)65(48)69-73(70)71-66-61(74(53-30-12-6-13-31-53,54-32-14-7-15-33-54)55-34-16-8-17-35-55)46-50-28-24-26-42-59(50)63(66)64-60-43-27-25-29-51(60)47-62(67(64)72-73)75(56-36-18-9-19-37-56,57-38-20-10-21-39-57)58-40-22-11-23-41-58/h6-47H,1-5H3,(H,69,70). The molecule has 0 aliphatic carbocycles. The zero-order valence-corrected chi connectivity index (χ0v) is 45.8. The molecule has 0 unspecified atom stereocenters. The summed E-state index contributed by atoms with van der Waals surface area (Å²) in [5, 5.41) is 16.6. The lowest BCUT2D eigenvalue weighted by Crippen LogP contribution is -2.75. The molecule has 0 saturated carbocycles. The van der Waals surface area contributed by atoms with Gasteiger partial charge in [-0.2, -0.15) is 0 Å². The van der Waals surface area contributed by atoms with Gasteiger partial charge in [0.05, 0.1) is 5.69 Å². The number of benzene rings is 11. The van der Waals surface area contributed by atoms with Crippen LogP contribution in [0.2, 0.25) is 0 Å². The lowest BCUT2D eigenvalue weighted by atomic mass is 9.85. The maximum absolute atomic E-state index is 17.5. The molecule has 0 amide bonds. The fourth-order valence-electron chi connectivity index (χ4n) is 12.0. The van der Waals surface area contributed by atoms with Crippen LogP contribution in [0.25, 0.3) is 32.7 Å². The van der Waals surface area contributed by atoms with Crippen LogP contribution in [0.4, 0.5) is 5.69 Å². The number of rotatable bonds is 10. The third-order valence-electron chi connectivity index (χ3n) is 15.4. The summed E-state index contributed by atoms with van der Waals surface area (Å²) in [5.41, 5.74) is 5.40. The van der Waals surface area contributed by atoms with Crippen molar-refractivity contribution in [3.63, 3.8) is 0 Å². The number of hydrogen-bond acceptors (Lipinski definition) is 3. The molecular formula is C68H58NO3PSi2. The summed E-state index contributed by atoms with van der Waals surface area (Å²) in [5.74, 6) is 1.09. The molecule has 4 nitrogen and oxygen atoms in total. The van der Waals surface area contributed by atoms with Gasteiger partial charge in [0.2, 0.25) is 0 Å². The van der Waals surface area contributed by atoms with Gasteiger partial charge in [0.25, 0.3) is 0 Å². The van der Waals surface area contributed by atoms with Crippen LogP contribution in [0.1, 0.15) is 37.5 Å². The minimum atomic E-state index is -4.56. The monoisotopic (exact) mass is 1020 g/mol. The SMILES string of the molecule is Cc1cc(C(C)(C)C)cc(C)c1NP1(=O)Oc2c([Si](c3ccccc3)(c3ccccc3)c3ccccc3)cc3ccccc3c2-c2c(c([Si](c3ccccc3)(c3ccccc3)c3ccccc3)cc3ccccc23)O1. The van der Waals surface area contributed by atoms with Gasteiger partial charge in [0, 0.05) is 11.1 Å². The topological polar surface area (TPSA) is 47.6 Å². The van der Waals surface area contributed by atoms with E-state index < -0.39 is 23.9 Å². The van der Waals surface area contributed by atoms with E-state index in [1.807, 2.05) is 0 Å². The van der Waals surface area contributed by atoms with Gasteiger partial charge >= 0.3 is 7.75 Å². The second-order valence-corrected chi connectivity index (χ2v) is 30.0. The Kier molecular flexibility index (Phi) is 12.2. The highest BCUT2D eigenvalue weighted by molar-refractivity contribution is 7.56.